The van der Waals surface area contributed by atoms with Gasteiger partial charge in [-0.15, -0.1) is 0 Å². The van der Waals surface area contributed by atoms with Crippen LogP contribution in [-0.2, 0) is 14.3 Å². The van der Waals surface area contributed by atoms with Crippen LogP contribution in [0.2, 0.25) is 0 Å². The van der Waals surface area contributed by atoms with Crippen molar-refractivity contribution in [1.29, 1.82) is 0 Å². The van der Waals surface area contributed by atoms with Crippen LogP contribution < -0.4 is 0 Å². The second-order valence-corrected chi connectivity index (χ2v) is 7.67. The zero-order valence-electron chi connectivity index (χ0n) is 17.2. The Morgan fingerprint density at radius 3 is 1.63 bits per heavy atom. The molecular formula is C18H17F13O4. The predicted molar refractivity (Wildman–Crippen MR) is 88.7 cm³/mol. The summed E-state index contributed by atoms with van der Waals surface area (Å²) in [6.45, 7) is 0. The second kappa shape index (κ2) is 10.0. The number of aliphatic carboxylic acids is 1. The SMILES string of the molecule is O=C(O)/C=C(\CCC(F)(F)C(F)(F)C(F)(F)C(F)(F)C(F)(F)C(F)(F)F)C(=O)OC1CCCCC1. The summed E-state index contributed by atoms with van der Waals surface area (Å²) in [4.78, 5) is 22.8. The van der Waals surface area contributed by atoms with Crippen molar-refractivity contribution >= 4 is 11.9 Å². The molecule has 0 saturated heterocycles. The molecule has 1 aliphatic carbocycles. The van der Waals surface area contributed by atoms with Gasteiger partial charge in [0.2, 0.25) is 0 Å². The van der Waals surface area contributed by atoms with Crippen LogP contribution in [0, 0.1) is 0 Å². The van der Waals surface area contributed by atoms with Crippen LogP contribution in [0.25, 0.3) is 0 Å². The summed E-state index contributed by atoms with van der Waals surface area (Å²) in [6, 6.07) is 0. The minimum Gasteiger partial charge on any atom is -0.478 e. The van der Waals surface area contributed by atoms with E-state index in [0.717, 1.165) is 6.42 Å². The molecule has 1 aliphatic rings. The van der Waals surface area contributed by atoms with Gasteiger partial charge in [-0.25, -0.2) is 9.59 Å². The van der Waals surface area contributed by atoms with Crippen LogP contribution in [0.3, 0.4) is 0 Å². The lowest BCUT2D eigenvalue weighted by molar-refractivity contribution is -0.440. The van der Waals surface area contributed by atoms with Gasteiger partial charge >= 0.3 is 47.7 Å². The largest absolute Gasteiger partial charge is 0.478 e. The third kappa shape index (κ3) is 5.95. The number of ether oxygens (including phenoxy) is 1. The quantitative estimate of drug-likeness (QED) is 0.197. The monoisotopic (exact) mass is 544 g/mol. The van der Waals surface area contributed by atoms with Crippen LogP contribution >= 0.6 is 0 Å². The van der Waals surface area contributed by atoms with Crippen molar-refractivity contribution in [2.45, 2.75) is 86.8 Å². The van der Waals surface area contributed by atoms with E-state index >= 15 is 0 Å². The molecule has 0 heterocycles. The first-order valence-corrected chi connectivity index (χ1v) is 9.63. The molecule has 1 N–H and O–H groups in total. The third-order valence-electron chi connectivity index (χ3n) is 5.09. The average molecular weight is 544 g/mol. The number of hydrogen-bond donors (Lipinski definition) is 1. The number of carboxylic acids is 1. The fourth-order valence-corrected chi connectivity index (χ4v) is 3.04. The van der Waals surface area contributed by atoms with Crippen LogP contribution in [0.5, 0.6) is 0 Å². The molecule has 1 fully saturated rings. The van der Waals surface area contributed by atoms with Crippen LogP contribution in [0.1, 0.15) is 44.9 Å². The Morgan fingerprint density at radius 2 is 1.20 bits per heavy atom. The number of halogens is 13. The standard InChI is InChI=1S/C18H17F13O4/c19-13(20,14(21,22)15(23,24)16(25,26)17(27,28)18(29,30)31)7-6-9(8-11(32)33)12(34)35-10-4-2-1-3-5-10/h8,10H,1-7H2,(H,32,33)/b9-8+. The van der Waals surface area contributed by atoms with Gasteiger partial charge in [0.25, 0.3) is 0 Å². The first-order valence-electron chi connectivity index (χ1n) is 9.63. The van der Waals surface area contributed by atoms with E-state index in [1.54, 1.807) is 0 Å². The number of hydrogen-bond acceptors (Lipinski definition) is 3. The molecule has 0 radical (unpaired) electrons. The van der Waals surface area contributed by atoms with E-state index in [4.69, 9.17) is 9.84 Å². The Kier molecular flexibility index (Phi) is 8.82. The van der Waals surface area contributed by atoms with E-state index in [-0.39, 0.29) is 18.9 Å². The van der Waals surface area contributed by atoms with Gasteiger partial charge in [-0.1, -0.05) is 6.42 Å². The Morgan fingerprint density at radius 1 is 0.743 bits per heavy atom. The van der Waals surface area contributed by atoms with E-state index in [2.05, 4.69) is 0 Å². The fourth-order valence-electron chi connectivity index (χ4n) is 3.04. The van der Waals surface area contributed by atoms with Gasteiger partial charge in [-0.05, 0) is 32.1 Å². The molecule has 0 atom stereocenters. The van der Waals surface area contributed by atoms with E-state index in [1.807, 2.05) is 0 Å². The minimum atomic E-state index is -8.04. The van der Waals surface area contributed by atoms with Crippen molar-refractivity contribution in [2.75, 3.05) is 0 Å². The van der Waals surface area contributed by atoms with Crippen molar-refractivity contribution in [1.82, 2.24) is 0 Å². The van der Waals surface area contributed by atoms with Crippen molar-refractivity contribution in [3.05, 3.63) is 11.6 Å². The van der Waals surface area contributed by atoms with Crippen molar-refractivity contribution in [2.24, 2.45) is 0 Å². The van der Waals surface area contributed by atoms with Gasteiger partial charge in [-0.3, -0.25) is 0 Å². The van der Waals surface area contributed by atoms with Crippen LogP contribution in [0.4, 0.5) is 57.1 Å². The van der Waals surface area contributed by atoms with Gasteiger partial charge in [-0.2, -0.15) is 57.1 Å². The molecule has 0 spiro atoms. The minimum absolute atomic E-state index is 0.121. The lowest BCUT2D eigenvalue weighted by atomic mass is 9.91. The zero-order valence-corrected chi connectivity index (χ0v) is 17.2. The highest BCUT2D eigenvalue weighted by Gasteiger charge is 2.90. The molecule has 0 aromatic heterocycles. The molecule has 0 aliphatic heterocycles. The molecule has 1 rings (SSSR count). The van der Waals surface area contributed by atoms with Crippen LogP contribution in [0.15, 0.2) is 11.6 Å². The maximum Gasteiger partial charge on any atom is 0.460 e. The van der Waals surface area contributed by atoms with E-state index in [1.165, 1.54) is 0 Å². The van der Waals surface area contributed by atoms with E-state index < -0.39 is 72.2 Å². The molecule has 1 saturated carbocycles. The second-order valence-electron chi connectivity index (χ2n) is 7.67. The molecule has 0 aromatic carbocycles. The molecule has 204 valence electrons. The average Bonchev–Trinajstić information content (AvgIpc) is 2.70. The molecule has 0 aromatic rings. The third-order valence-corrected chi connectivity index (χ3v) is 5.09. The maximum atomic E-state index is 13.9. The summed E-state index contributed by atoms with van der Waals surface area (Å²) < 4.78 is 176. The number of esters is 1. The smallest absolute Gasteiger partial charge is 0.460 e. The molecule has 4 nitrogen and oxygen atoms in total. The van der Waals surface area contributed by atoms with E-state index in [9.17, 15) is 66.7 Å². The highest BCUT2D eigenvalue weighted by molar-refractivity contribution is 5.95. The molecule has 0 bridgehead atoms. The number of carbonyl (C=O) groups excluding carboxylic acids is 1. The zero-order chi connectivity index (χ0) is 27.7. The Balaban J connectivity index is 3.20. The Hall–Kier alpha value is -2.23. The van der Waals surface area contributed by atoms with Gasteiger partial charge < -0.3 is 9.84 Å². The number of rotatable bonds is 10. The highest BCUT2D eigenvalue weighted by atomic mass is 19.4. The fraction of sp³-hybridized carbons (Fsp3) is 0.778. The lowest BCUT2D eigenvalue weighted by Crippen LogP contribution is -2.70. The number of carboxylic acid groups (broad SMARTS) is 1. The van der Waals surface area contributed by atoms with Gasteiger partial charge in [0.05, 0.1) is 0 Å². The Bertz CT molecular complexity index is 812. The predicted octanol–water partition coefficient (Wildman–Crippen LogP) is 6.39. The van der Waals surface area contributed by atoms with Crippen molar-refractivity contribution < 1.29 is 76.5 Å². The first-order chi connectivity index (χ1) is 15.5. The number of carbonyl (C=O) groups is 2. The normalized spacial score (nSPS) is 17.9. The van der Waals surface area contributed by atoms with Crippen LogP contribution in [-0.4, -0.2) is 58.9 Å². The van der Waals surface area contributed by atoms with Crippen molar-refractivity contribution in [3.63, 3.8) is 0 Å². The summed E-state index contributed by atoms with van der Waals surface area (Å²) in [5.41, 5.74) is -1.30. The molecule has 0 unspecified atom stereocenters. The molecular weight excluding hydrogens is 527 g/mol. The Labute approximate surface area is 188 Å². The summed E-state index contributed by atoms with van der Waals surface area (Å²) in [6.07, 6.45) is -10.7. The van der Waals surface area contributed by atoms with Gasteiger partial charge in [0.1, 0.15) is 6.10 Å². The van der Waals surface area contributed by atoms with E-state index in [0.29, 0.717) is 12.8 Å². The topological polar surface area (TPSA) is 63.6 Å². The number of alkyl halides is 13. The summed E-state index contributed by atoms with van der Waals surface area (Å²) in [5, 5.41) is 8.70. The lowest BCUT2D eigenvalue weighted by Gasteiger charge is -2.39. The van der Waals surface area contributed by atoms with Crippen molar-refractivity contribution in [3.8, 4) is 0 Å². The van der Waals surface area contributed by atoms with Gasteiger partial charge in [0.15, 0.2) is 0 Å². The summed E-state index contributed by atoms with van der Waals surface area (Å²) >= 11 is 0. The molecule has 35 heavy (non-hydrogen) atoms. The highest BCUT2D eigenvalue weighted by Crippen LogP contribution is 2.60. The first kappa shape index (κ1) is 30.8. The molecule has 17 heteroatoms. The van der Waals surface area contributed by atoms with Gasteiger partial charge in [0, 0.05) is 18.1 Å². The summed E-state index contributed by atoms with van der Waals surface area (Å²) in [5.74, 6) is -41.4. The molecule has 0 amide bonds. The summed E-state index contributed by atoms with van der Waals surface area (Å²) in [7, 11) is 0. The maximum absolute atomic E-state index is 13.9.